The van der Waals surface area contributed by atoms with Gasteiger partial charge < -0.3 is 4.55 Å². The van der Waals surface area contributed by atoms with E-state index in [1.807, 2.05) is 0 Å². The molecule has 0 aromatic carbocycles. The Morgan fingerprint density at radius 2 is 1.54 bits per heavy atom. The summed E-state index contributed by atoms with van der Waals surface area (Å²) in [7, 11) is -6.31. The van der Waals surface area contributed by atoms with Crippen molar-refractivity contribution in [3.8, 4) is 0 Å². The zero-order valence-corrected chi connectivity index (χ0v) is 10.8. The van der Waals surface area contributed by atoms with Crippen molar-refractivity contribution in [2.45, 2.75) is 24.5 Å². The van der Waals surface area contributed by atoms with Crippen molar-refractivity contribution in [2.24, 2.45) is 0 Å². The first-order chi connectivity index (χ1) is 5.06. The summed E-state index contributed by atoms with van der Waals surface area (Å²) in [4.78, 5) is 0. The molecule has 0 bridgehead atoms. The van der Waals surface area contributed by atoms with Crippen LogP contribution >= 0.6 is 0 Å². The maximum atomic E-state index is 12.1. The Balaban J connectivity index is 0. The molecule has 0 aliphatic rings. The van der Waals surface area contributed by atoms with Crippen molar-refractivity contribution in [3.05, 3.63) is 0 Å². The summed E-state index contributed by atoms with van der Waals surface area (Å²) in [5.41, 5.74) is 0. The molecule has 0 aliphatic carbocycles. The molecule has 0 N–H and O–H groups in total. The zero-order chi connectivity index (χ0) is 10.2. The quantitative estimate of drug-likeness (QED) is 0.335. The predicted octanol–water partition coefficient (Wildman–Crippen LogP) is -1.83. The van der Waals surface area contributed by atoms with Crippen LogP contribution in [0.3, 0.4) is 0 Å². The first-order valence-electron chi connectivity index (χ1n) is 2.77. The molecule has 74 valence electrons. The van der Waals surface area contributed by atoms with Gasteiger partial charge in [0.2, 0.25) is 0 Å². The molecule has 0 amide bonds. The monoisotopic (exact) mass is 248 g/mol. The second-order valence-corrected chi connectivity index (χ2v) is 3.45. The van der Waals surface area contributed by atoms with Crippen LogP contribution in [0.25, 0.3) is 0 Å². The van der Waals surface area contributed by atoms with Gasteiger partial charge in [0.25, 0.3) is 0 Å². The average Bonchev–Trinajstić information content (AvgIpc) is 1.85. The molecule has 0 unspecified atom stereocenters. The van der Waals surface area contributed by atoms with Gasteiger partial charge in [-0.25, -0.2) is 8.42 Å². The van der Waals surface area contributed by atoms with Crippen LogP contribution in [0.2, 0.25) is 0 Å². The summed E-state index contributed by atoms with van der Waals surface area (Å²) in [6.45, 7) is 0.652. The van der Waals surface area contributed by atoms with Crippen molar-refractivity contribution in [1.82, 2.24) is 0 Å². The van der Waals surface area contributed by atoms with E-state index in [4.69, 9.17) is 0 Å². The molecule has 0 aliphatic heterocycles. The molecule has 0 fully saturated rings. The van der Waals surface area contributed by atoms with Gasteiger partial charge in [-0.2, -0.15) is 17.6 Å². The molecule has 3 nitrogen and oxygen atoms in total. The summed E-state index contributed by atoms with van der Waals surface area (Å²) in [5, 5.41) is -5.53. The molecule has 0 heterocycles. The third kappa shape index (κ3) is 3.40. The Morgan fingerprint density at radius 1 is 1.23 bits per heavy atom. The van der Waals surface area contributed by atoms with Crippen molar-refractivity contribution in [2.75, 3.05) is 0 Å². The fraction of sp³-hybridized carbons (Fsp3) is 1.00. The van der Waals surface area contributed by atoms with Crippen molar-refractivity contribution >= 4 is 10.1 Å². The molecule has 0 rings (SSSR count). The van der Waals surface area contributed by atoms with Crippen LogP contribution < -0.4 is 51.4 Å². The summed E-state index contributed by atoms with van der Waals surface area (Å²) in [6, 6.07) is 0. The molecule has 0 radical (unpaired) electrons. The van der Waals surface area contributed by atoms with Crippen LogP contribution in [-0.4, -0.2) is 24.1 Å². The van der Waals surface area contributed by atoms with E-state index >= 15 is 0 Å². The molecule has 13 heavy (non-hydrogen) atoms. The predicted molar refractivity (Wildman–Crippen MR) is 29.9 cm³/mol. The molecule has 9 heteroatoms. The van der Waals surface area contributed by atoms with Crippen LogP contribution in [0.5, 0.6) is 0 Å². The van der Waals surface area contributed by atoms with Gasteiger partial charge in [-0.3, -0.25) is 0 Å². The largest absolute Gasteiger partial charge is 1.00 e. The van der Waals surface area contributed by atoms with Gasteiger partial charge in [0, 0.05) is 6.42 Å². The minimum Gasteiger partial charge on any atom is -0.743 e. The zero-order valence-electron chi connectivity index (χ0n) is 6.85. The van der Waals surface area contributed by atoms with E-state index in [-0.39, 0.29) is 51.4 Å². The maximum absolute atomic E-state index is 12.1. The molecule has 0 atom stereocenters. The number of halogens is 4. The normalized spacial score (nSPS) is 13.7. The first kappa shape index (κ1) is 16.7. The molecule has 0 saturated carbocycles. The molecule has 0 spiro atoms. The van der Waals surface area contributed by atoms with Gasteiger partial charge in [0.15, 0.2) is 10.1 Å². The van der Waals surface area contributed by atoms with Gasteiger partial charge in [-0.1, -0.05) is 6.92 Å². The topological polar surface area (TPSA) is 57.2 Å². The third-order valence-electron chi connectivity index (χ3n) is 1.18. The van der Waals surface area contributed by atoms with Crippen molar-refractivity contribution < 1.29 is 81.9 Å². The summed E-state index contributed by atoms with van der Waals surface area (Å²) < 4.78 is 77.3. The van der Waals surface area contributed by atoms with E-state index < -0.39 is 27.7 Å². The fourth-order valence-electron chi connectivity index (χ4n) is 0.389. The van der Waals surface area contributed by atoms with E-state index in [0.717, 1.165) is 0 Å². The Labute approximate surface area is 115 Å². The second-order valence-electron chi connectivity index (χ2n) is 2.03. The van der Waals surface area contributed by atoms with Crippen molar-refractivity contribution in [3.63, 3.8) is 0 Å². The standard InChI is InChI=1S/C4H6F4O3S.K/c1-2-3(5,6)4(7,8)12(9,10)11;/h2H2,1H3,(H,9,10,11);/q;+1/p-1. The number of hydrogen-bond donors (Lipinski definition) is 0. The Hall–Kier alpha value is 1.27. The van der Waals surface area contributed by atoms with Crippen LogP contribution in [0, 0.1) is 0 Å². The Kier molecular flexibility index (Phi) is 6.24. The molecule has 0 saturated heterocycles. The molecule has 0 aromatic rings. The van der Waals surface area contributed by atoms with Gasteiger partial charge >= 0.3 is 62.6 Å². The van der Waals surface area contributed by atoms with Crippen molar-refractivity contribution in [1.29, 1.82) is 0 Å². The van der Waals surface area contributed by atoms with E-state index in [1.54, 1.807) is 0 Å². The Morgan fingerprint density at radius 3 is 1.62 bits per heavy atom. The summed E-state index contributed by atoms with van der Waals surface area (Å²) in [6.07, 6.45) is -1.42. The van der Waals surface area contributed by atoms with Crippen LogP contribution in [-0.2, 0) is 10.1 Å². The minimum atomic E-state index is -6.31. The van der Waals surface area contributed by atoms with E-state index in [0.29, 0.717) is 6.92 Å². The average molecular weight is 248 g/mol. The van der Waals surface area contributed by atoms with Crippen LogP contribution in [0.1, 0.15) is 13.3 Å². The van der Waals surface area contributed by atoms with Crippen LogP contribution in [0.4, 0.5) is 17.6 Å². The SMILES string of the molecule is CCC(F)(F)C(F)(F)S(=O)(=O)[O-].[K+]. The summed E-state index contributed by atoms with van der Waals surface area (Å²) in [5.74, 6) is -4.81. The van der Waals surface area contributed by atoms with E-state index in [2.05, 4.69) is 0 Å². The second kappa shape index (κ2) is 4.86. The third-order valence-corrected chi connectivity index (χ3v) is 2.11. The molecular weight excluding hydrogens is 243 g/mol. The van der Waals surface area contributed by atoms with E-state index in [1.165, 1.54) is 0 Å². The van der Waals surface area contributed by atoms with E-state index in [9.17, 15) is 30.5 Å². The number of rotatable bonds is 3. The number of hydrogen-bond acceptors (Lipinski definition) is 3. The fourth-order valence-corrected chi connectivity index (χ4v) is 0.899. The van der Waals surface area contributed by atoms with Crippen LogP contribution in [0.15, 0.2) is 0 Å². The number of alkyl halides is 4. The van der Waals surface area contributed by atoms with Gasteiger partial charge in [-0.15, -0.1) is 0 Å². The molecular formula is C4H5F4KO3S. The first-order valence-corrected chi connectivity index (χ1v) is 4.18. The smallest absolute Gasteiger partial charge is 0.743 e. The summed E-state index contributed by atoms with van der Waals surface area (Å²) >= 11 is 0. The van der Waals surface area contributed by atoms with Gasteiger partial charge in [-0.05, 0) is 0 Å². The molecule has 0 aromatic heterocycles. The minimum absolute atomic E-state index is 0. The van der Waals surface area contributed by atoms with Gasteiger partial charge in [0.1, 0.15) is 0 Å². The Bertz CT molecular complexity index is 263. The van der Waals surface area contributed by atoms with Gasteiger partial charge in [0.05, 0.1) is 0 Å². The maximum Gasteiger partial charge on any atom is 1.00 e.